The van der Waals surface area contributed by atoms with Crippen molar-refractivity contribution in [1.82, 2.24) is 20.1 Å². The molecule has 1 saturated carbocycles. The molecule has 0 unspecified atom stereocenters. The second kappa shape index (κ2) is 5.23. The summed E-state index contributed by atoms with van der Waals surface area (Å²) in [5.41, 5.74) is 0.857. The SMILES string of the molecule is CCn1cnnc1CNC1CC(C)(C)CC(C)(C)C1. The van der Waals surface area contributed by atoms with Crippen molar-refractivity contribution < 1.29 is 0 Å². The predicted octanol–water partition coefficient (Wildman–Crippen LogP) is 2.99. The highest BCUT2D eigenvalue weighted by molar-refractivity contribution is 4.94. The summed E-state index contributed by atoms with van der Waals surface area (Å²) in [6.07, 6.45) is 5.61. The minimum Gasteiger partial charge on any atom is -0.317 e. The van der Waals surface area contributed by atoms with Crippen molar-refractivity contribution in [3.8, 4) is 0 Å². The van der Waals surface area contributed by atoms with E-state index in [4.69, 9.17) is 0 Å². The lowest BCUT2D eigenvalue weighted by Crippen LogP contribution is -2.43. The third-order valence-electron chi connectivity index (χ3n) is 4.14. The average molecular weight is 264 g/mol. The monoisotopic (exact) mass is 264 g/mol. The lowest BCUT2D eigenvalue weighted by Gasteiger charge is -2.45. The third-order valence-corrected chi connectivity index (χ3v) is 4.14. The molecule has 0 spiro atoms. The van der Waals surface area contributed by atoms with Gasteiger partial charge >= 0.3 is 0 Å². The summed E-state index contributed by atoms with van der Waals surface area (Å²) in [5.74, 6) is 1.05. The van der Waals surface area contributed by atoms with Gasteiger partial charge in [0, 0.05) is 12.6 Å². The molecule has 19 heavy (non-hydrogen) atoms. The summed E-state index contributed by atoms with van der Waals surface area (Å²) >= 11 is 0. The number of hydrogen-bond donors (Lipinski definition) is 1. The van der Waals surface area contributed by atoms with Gasteiger partial charge in [-0.2, -0.15) is 0 Å². The Kier molecular flexibility index (Phi) is 4.00. The van der Waals surface area contributed by atoms with E-state index in [2.05, 4.69) is 54.7 Å². The van der Waals surface area contributed by atoms with Crippen LogP contribution in [0.4, 0.5) is 0 Å². The maximum atomic E-state index is 4.19. The third kappa shape index (κ3) is 3.78. The molecule has 0 saturated heterocycles. The molecule has 1 aromatic heterocycles. The van der Waals surface area contributed by atoms with Gasteiger partial charge in [-0.25, -0.2) is 0 Å². The minimum atomic E-state index is 0.428. The Balaban J connectivity index is 1.96. The normalized spacial score (nSPS) is 22.6. The number of aromatic nitrogens is 3. The Morgan fingerprint density at radius 2 is 1.89 bits per heavy atom. The molecule has 1 aromatic rings. The van der Waals surface area contributed by atoms with E-state index in [-0.39, 0.29) is 0 Å². The quantitative estimate of drug-likeness (QED) is 0.909. The van der Waals surface area contributed by atoms with Gasteiger partial charge in [0.15, 0.2) is 0 Å². The molecular weight excluding hydrogens is 236 g/mol. The van der Waals surface area contributed by atoms with Gasteiger partial charge in [0.05, 0.1) is 6.54 Å². The summed E-state index contributed by atoms with van der Waals surface area (Å²) < 4.78 is 2.10. The molecule has 0 aliphatic heterocycles. The Hall–Kier alpha value is -0.900. The molecule has 0 radical (unpaired) electrons. The molecule has 0 aromatic carbocycles. The molecule has 2 rings (SSSR count). The van der Waals surface area contributed by atoms with E-state index in [1.807, 2.05) is 6.33 Å². The van der Waals surface area contributed by atoms with Gasteiger partial charge < -0.3 is 9.88 Å². The van der Waals surface area contributed by atoms with Crippen LogP contribution in [0, 0.1) is 10.8 Å². The zero-order valence-corrected chi connectivity index (χ0v) is 13.0. The van der Waals surface area contributed by atoms with Crippen molar-refractivity contribution in [2.75, 3.05) is 0 Å². The fourth-order valence-electron chi connectivity index (χ4n) is 3.91. The molecule has 1 aliphatic rings. The number of hydrogen-bond acceptors (Lipinski definition) is 3. The van der Waals surface area contributed by atoms with Crippen LogP contribution in [-0.2, 0) is 13.1 Å². The highest BCUT2D eigenvalue weighted by Gasteiger charge is 2.38. The number of nitrogens with one attached hydrogen (secondary N) is 1. The maximum absolute atomic E-state index is 4.19. The lowest BCUT2D eigenvalue weighted by atomic mass is 9.63. The second-order valence-electron chi connectivity index (χ2n) is 7.52. The van der Waals surface area contributed by atoms with Crippen molar-refractivity contribution in [2.45, 2.75) is 73.0 Å². The van der Waals surface area contributed by atoms with Crippen LogP contribution in [0.5, 0.6) is 0 Å². The van der Waals surface area contributed by atoms with E-state index in [1.165, 1.54) is 19.3 Å². The average Bonchev–Trinajstić information content (AvgIpc) is 2.69. The molecule has 108 valence electrons. The first-order valence-corrected chi connectivity index (χ1v) is 7.41. The highest BCUT2D eigenvalue weighted by atomic mass is 15.3. The summed E-state index contributed by atoms with van der Waals surface area (Å²) in [6.45, 7) is 13.4. The molecule has 1 fully saturated rings. The Morgan fingerprint density at radius 1 is 1.26 bits per heavy atom. The van der Waals surface area contributed by atoms with E-state index in [1.54, 1.807) is 0 Å². The molecular formula is C15H28N4. The van der Waals surface area contributed by atoms with Crippen molar-refractivity contribution >= 4 is 0 Å². The Bertz CT molecular complexity index is 404. The maximum Gasteiger partial charge on any atom is 0.146 e. The Labute approximate surface area is 117 Å². The van der Waals surface area contributed by atoms with E-state index < -0.39 is 0 Å². The van der Waals surface area contributed by atoms with Gasteiger partial charge in [-0.3, -0.25) is 0 Å². The van der Waals surface area contributed by atoms with Crippen LogP contribution < -0.4 is 5.32 Å². The van der Waals surface area contributed by atoms with Crippen molar-refractivity contribution in [2.24, 2.45) is 10.8 Å². The lowest BCUT2D eigenvalue weighted by molar-refractivity contribution is 0.0840. The van der Waals surface area contributed by atoms with Crippen molar-refractivity contribution in [3.63, 3.8) is 0 Å². The van der Waals surface area contributed by atoms with Crippen LogP contribution in [0.25, 0.3) is 0 Å². The highest BCUT2D eigenvalue weighted by Crippen LogP contribution is 2.45. The molecule has 0 atom stereocenters. The van der Waals surface area contributed by atoms with Crippen LogP contribution in [0.1, 0.15) is 59.7 Å². The number of nitrogens with zero attached hydrogens (tertiary/aromatic N) is 3. The summed E-state index contributed by atoms with van der Waals surface area (Å²) in [6, 6.07) is 0.584. The zero-order chi connectivity index (χ0) is 14.1. The minimum absolute atomic E-state index is 0.428. The van der Waals surface area contributed by atoms with Gasteiger partial charge in [-0.1, -0.05) is 27.7 Å². The first-order chi connectivity index (χ1) is 8.81. The smallest absolute Gasteiger partial charge is 0.146 e. The summed E-state index contributed by atoms with van der Waals surface area (Å²) in [7, 11) is 0. The second-order valence-corrected chi connectivity index (χ2v) is 7.52. The van der Waals surface area contributed by atoms with Crippen LogP contribution in [-0.4, -0.2) is 20.8 Å². The molecule has 4 heteroatoms. The van der Waals surface area contributed by atoms with E-state index >= 15 is 0 Å². The number of aryl methyl sites for hydroxylation is 1. The number of rotatable bonds is 4. The molecule has 1 aliphatic carbocycles. The molecule has 0 bridgehead atoms. The summed E-state index contributed by atoms with van der Waals surface area (Å²) in [5, 5.41) is 11.9. The first-order valence-electron chi connectivity index (χ1n) is 7.41. The van der Waals surface area contributed by atoms with Crippen molar-refractivity contribution in [1.29, 1.82) is 0 Å². The predicted molar refractivity (Wildman–Crippen MR) is 77.7 cm³/mol. The van der Waals surface area contributed by atoms with E-state index in [0.717, 1.165) is 18.9 Å². The standard InChI is InChI=1S/C15H28N4/c1-6-19-11-17-18-13(19)9-16-12-7-14(2,3)10-15(4,5)8-12/h11-12,16H,6-10H2,1-5H3. The topological polar surface area (TPSA) is 42.7 Å². The van der Waals surface area contributed by atoms with Gasteiger partial charge in [-0.05, 0) is 37.0 Å². The van der Waals surface area contributed by atoms with Crippen LogP contribution in [0.15, 0.2) is 6.33 Å². The largest absolute Gasteiger partial charge is 0.317 e. The van der Waals surface area contributed by atoms with Gasteiger partial charge in [0.1, 0.15) is 12.2 Å². The fraction of sp³-hybridized carbons (Fsp3) is 0.867. The van der Waals surface area contributed by atoms with Crippen molar-refractivity contribution in [3.05, 3.63) is 12.2 Å². The van der Waals surface area contributed by atoms with Gasteiger partial charge in [0.2, 0.25) is 0 Å². The van der Waals surface area contributed by atoms with Crippen LogP contribution >= 0.6 is 0 Å². The van der Waals surface area contributed by atoms with Gasteiger partial charge in [-0.15, -0.1) is 10.2 Å². The van der Waals surface area contributed by atoms with Crippen LogP contribution in [0.2, 0.25) is 0 Å². The summed E-state index contributed by atoms with van der Waals surface area (Å²) in [4.78, 5) is 0. The molecule has 4 nitrogen and oxygen atoms in total. The Morgan fingerprint density at radius 3 is 2.47 bits per heavy atom. The fourth-order valence-corrected chi connectivity index (χ4v) is 3.91. The van der Waals surface area contributed by atoms with E-state index in [0.29, 0.717) is 16.9 Å². The van der Waals surface area contributed by atoms with Crippen LogP contribution in [0.3, 0.4) is 0 Å². The molecule has 1 heterocycles. The molecule has 1 N–H and O–H groups in total. The molecule has 0 amide bonds. The zero-order valence-electron chi connectivity index (χ0n) is 13.0. The van der Waals surface area contributed by atoms with E-state index in [9.17, 15) is 0 Å². The van der Waals surface area contributed by atoms with Gasteiger partial charge in [0.25, 0.3) is 0 Å². The first kappa shape index (κ1) is 14.5.